The summed E-state index contributed by atoms with van der Waals surface area (Å²) in [6, 6.07) is 7.33. The van der Waals surface area contributed by atoms with Crippen LogP contribution in [-0.2, 0) is 14.3 Å². The molecule has 6 nitrogen and oxygen atoms in total. The topological polar surface area (TPSA) is 88.3 Å². The van der Waals surface area contributed by atoms with Crippen molar-refractivity contribution in [1.29, 1.82) is 0 Å². The molecular formula is C15H14N2O4S. The average molecular weight is 318 g/mol. The lowest BCUT2D eigenvalue weighted by atomic mass is 10.2. The third kappa shape index (κ3) is 4.16. The molecular weight excluding hydrogens is 304 g/mol. The van der Waals surface area contributed by atoms with E-state index in [1.807, 2.05) is 19.1 Å². The summed E-state index contributed by atoms with van der Waals surface area (Å²) < 4.78 is 4.99. The standard InChI is InChI=1S/C15H14N2O4S/c1-9-3-5-10(6-4-9)16-12(18)8-13-17-15(20)11(22-13)7-14(19)21-2/h3-8H,1-2H3,(H,16,18)(H,17,20)/b11-7+,13-8+. The Labute approximate surface area is 129 Å². The molecule has 0 saturated heterocycles. The molecule has 0 saturated carbocycles. The van der Waals surface area contributed by atoms with Gasteiger partial charge in [-0.05, 0) is 19.1 Å². The third-order valence-corrected chi connectivity index (χ3v) is 3.67. The van der Waals surface area contributed by atoms with Crippen molar-refractivity contribution in [3.63, 3.8) is 0 Å². The highest BCUT2D eigenvalue weighted by molar-refractivity contribution is 7.07. The molecule has 2 rings (SSSR count). The maximum Gasteiger partial charge on any atom is 0.332 e. The second-order valence-electron chi connectivity index (χ2n) is 4.45. The number of benzene rings is 1. The van der Waals surface area contributed by atoms with Gasteiger partial charge < -0.3 is 15.0 Å². The van der Waals surface area contributed by atoms with Crippen LogP contribution in [0.25, 0.3) is 12.2 Å². The number of esters is 1. The van der Waals surface area contributed by atoms with Crippen LogP contribution in [0.5, 0.6) is 0 Å². The molecule has 0 atom stereocenters. The molecule has 1 aromatic carbocycles. The first kappa shape index (κ1) is 15.7. The minimum Gasteiger partial charge on any atom is -0.466 e. The molecule has 0 unspecified atom stereocenters. The van der Waals surface area contributed by atoms with Gasteiger partial charge >= 0.3 is 5.97 Å². The molecule has 1 aromatic heterocycles. The number of aromatic nitrogens is 1. The SMILES string of the molecule is COC(=O)/C=c1/s/c(=C/C(=O)Nc2ccc(C)cc2)[nH]c1=O. The molecule has 7 heteroatoms. The average Bonchev–Trinajstić information content (AvgIpc) is 2.80. The Morgan fingerprint density at radius 3 is 2.55 bits per heavy atom. The Bertz CT molecular complexity index is 862. The van der Waals surface area contributed by atoms with Gasteiger partial charge in [-0.25, -0.2) is 4.79 Å². The Kier molecular flexibility index (Phi) is 4.90. The van der Waals surface area contributed by atoms with Crippen LogP contribution in [0.4, 0.5) is 5.69 Å². The third-order valence-electron chi connectivity index (χ3n) is 2.71. The van der Waals surface area contributed by atoms with Crippen LogP contribution in [0.15, 0.2) is 29.1 Å². The molecule has 0 aliphatic rings. The maximum absolute atomic E-state index is 11.9. The lowest BCUT2D eigenvalue weighted by Crippen LogP contribution is -2.21. The number of H-pyrrole nitrogens is 1. The van der Waals surface area contributed by atoms with E-state index in [2.05, 4.69) is 15.0 Å². The van der Waals surface area contributed by atoms with Crippen molar-refractivity contribution in [1.82, 2.24) is 4.98 Å². The number of thiazole rings is 1. The van der Waals surface area contributed by atoms with Crippen molar-refractivity contribution in [2.24, 2.45) is 0 Å². The van der Waals surface area contributed by atoms with Gasteiger partial charge in [0, 0.05) is 17.8 Å². The highest BCUT2D eigenvalue weighted by Crippen LogP contribution is 2.08. The summed E-state index contributed by atoms with van der Waals surface area (Å²) in [7, 11) is 1.22. The van der Waals surface area contributed by atoms with E-state index < -0.39 is 11.5 Å². The van der Waals surface area contributed by atoms with Crippen LogP contribution >= 0.6 is 11.3 Å². The number of amides is 1. The first-order valence-corrected chi connectivity index (χ1v) is 7.18. The van der Waals surface area contributed by atoms with Crippen LogP contribution < -0.4 is 20.1 Å². The van der Waals surface area contributed by atoms with E-state index in [-0.39, 0.29) is 10.4 Å². The van der Waals surface area contributed by atoms with E-state index in [4.69, 9.17) is 0 Å². The molecule has 22 heavy (non-hydrogen) atoms. The van der Waals surface area contributed by atoms with Crippen LogP contribution in [0.2, 0.25) is 0 Å². The smallest absolute Gasteiger partial charge is 0.332 e. The largest absolute Gasteiger partial charge is 0.466 e. The highest BCUT2D eigenvalue weighted by Gasteiger charge is 2.02. The number of aromatic amines is 1. The van der Waals surface area contributed by atoms with Gasteiger partial charge in [-0.15, -0.1) is 11.3 Å². The van der Waals surface area contributed by atoms with Crippen molar-refractivity contribution >= 4 is 41.1 Å². The fourth-order valence-electron chi connectivity index (χ4n) is 1.62. The van der Waals surface area contributed by atoms with Crippen LogP contribution in [-0.4, -0.2) is 24.0 Å². The Morgan fingerprint density at radius 1 is 1.23 bits per heavy atom. The Balaban J connectivity index is 2.22. The second kappa shape index (κ2) is 6.86. The molecule has 0 fully saturated rings. The van der Waals surface area contributed by atoms with E-state index >= 15 is 0 Å². The zero-order valence-electron chi connectivity index (χ0n) is 12.0. The molecule has 2 aromatic rings. The highest BCUT2D eigenvalue weighted by atomic mass is 32.1. The van der Waals surface area contributed by atoms with Gasteiger partial charge in [-0.2, -0.15) is 0 Å². The predicted octanol–water partition coefficient (Wildman–Crippen LogP) is 0.118. The second-order valence-corrected chi connectivity index (χ2v) is 5.54. The van der Waals surface area contributed by atoms with E-state index in [0.717, 1.165) is 23.0 Å². The summed E-state index contributed by atoms with van der Waals surface area (Å²) in [6.45, 7) is 1.95. The van der Waals surface area contributed by atoms with E-state index in [0.29, 0.717) is 10.4 Å². The predicted molar refractivity (Wildman–Crippen MR) is 84.9 cm³/mol. The zero-order chi connectivity index (χ0) is 16.1. The number of ether oxygens (including phenoxy) is 1. The molecule has 2 N–H and O–H groups in total. The lowest BCUT2D eigenvalue weighted by Gasteiger charge is -2.01. The summed E-state index contributed by atoms with van der Waals surface area (Å²) in [5, 5.41) is 2.69. The fraction of sp³-hybridized carbons (Fsp3) is 0.133. The summed E-state index contributed by atoms with van der Waals surface area (Å²) in [4.78, 5) is 37.1. The monoisotopic (exact) mass is 318 g/mol. The van der Waals surface area contributed by atoms with Crippen LogP contribution in [0.3, 0.4) is 0 Å². The van der Waals surface area contributed by atoms with E-state index in [9.17, 15) is 14.4 Å². The lowest BCUT2D eigenvalue weighted by molar-refractivity contribution is -0.133. The van der Waals surface area contributed by atoms with Gasteiger partial charge in [0.1, 0.15) is 9.20 Å². The van der Waals surface area contributed by atoms with Gasteiger partial charge in [0.25, 0.3) is 11.5 Å². The number of anilines is 1. The minimum absolute atomic E-state index is 0.182. The van der Waals surface area contributed by atoms with E-state index in [1.165, 1.54) is 13.2 Å². The van der Waals surface area contributed by atoms with Gasteiger partial charge in [0.2, 0.25) is 0 Å². The number of rotatable bonds is 3. The zero-order valence-corrected chi connectivity index (χ0v) is 12.8. The molecule has 0 aliphatic heterocycles. The first-order valence-electron chi connectivity index (χ1n) is 6.36. The molecule has 0 spiro atoms. The van der Waals surface area contributed by atoms with Crippen molar-refractivity contribution in [2.45, 2.75) is 6.92 Å². The maximum atomic E-state index is 11.9. The molecule has 0 bridgehead atoms. The Hall–Kier alpha value is -2.67. The molecule has 1 heterocycles. The van der Waals surface area contributed by atoms with Crippen molar-refractivity contribution in [3.8, 4) is 0 Å². The van der Waals surface area contributed by atoms with Crippen LogP contribution in [0, 0.1) is 6.92 Å². The molecule has 1 amide bonds. The van der Waals surface area contributed by atoms with Crippen LogP contribution in [0.1, 0.15) is 5.56 Å². The fourth-order valence-corrected chi connectivity index (χ4v) is 2.47. The van der Waals surface area contributed by atoms with Gasteiger partial charge in [0.15, 0.2) is 0 Å². The summed E-state index contributed by atoms with van der Waals surface area (Å²) in [5.74, 6) is -0.992. The Morgan fingerprint density at radius 2 is 1.91 bits per heavy atom. The van der Waals surface area contributed by atoms with Crippen molar-refractivity contribution < 1.29 is 14.3 Å². The van der Waals surface area contributed by atoms with Gasteiger partial charge in [0.05, 0.1) is 7.11 Å². The number of aryl methyl sites for hydroxylation is 1. The summed E-state index contributed by atoms with van der Waals surface area (Å²) in [5.41, 5.74) is 1.31. The molecule has 0 aliphatic carbocycles. The summed E-state index contributed by atoms with van der Waals surface area (Å²) in [6.07, 6.45) is 2.35. The number of hydrogen-bond donors (Lipinski definition) is 2. The van der Waals surface area contributed by atoms with Crippen molar-refractivity contribution in [3.05, 3.63) is 49.4 Å². The van der Waals surface area contributed by atoms with E-state index in [1.54, 1.807) is 12.1 Å². The molecule has 0 radical (unpaired) electrons. The number of hydrogen-bond acceptors (Lipinski definition) is 5. The number of nitrogens with one attached hydrogen (secondary N) is 2. The minimum atomic E-state index is -0.622. The van der Waals surface area contributed by atoms with Crippen molar-refractivity contribution in [2.75, 3.05) is 12.4 Å². The van der Waals surface area contributed by atoms with Gasteiger partial charge in [-0.1, -0.05) is 17.7 Å². The number of carbonyl (C=O) groups excluding carboxylic acids is 2. The number of methoxy groups -OCH3 is 1. The van der Waals surface area contributed by atoms with Gasteiger partial charge in [-0.3, -0.25) is 9.59 Å². The molecule has 114 valence electrons. The quantitative estimate of drug-likeness (QED) is 0.787. The summed E-state index contributed by atoms with van der Waals surface area (Å²) >= 11 is 1.00. The first-order chi connectivity index (χ1) is 10.5. The normalized spacial score (nSPS) is 12.3. The number of carbonyl (C=O) groups is 2.